The Morgan fingerprint density at radius 2 is 2.11 bits per heavy atom. The minimum absolute atomic E-state index is 1.34. The van der Waals surface area contributed by atoms with Crippen LogP contribution in [0.5, 0.6) is 0 Å². The lowest BCUT2D eigenvalue weighted by Gasteiger charge is -1.84. The summed E-state index contributed by atoms with van der Waals surface area (Å²) in [5.74, 6) is 4.48. The normalized spacial score (nSPS) is 23.0. The molecule has 0 spiro atoms. The molecule has 0 fully saturated rings. The number of allylic oxidation sites excluding steroid dienone is 5. The van der Waals surface area contributed by atoms with Crippen molar-refractivity contribution in [2.45, 2.75) is 6.92 Å². The topological polar surface area (TPSA) is 0 Å². The van der Waals surface area contributed by atoms with Gasteiger partial charge in [0, 0.05) is 0 Å². The van der Waals surface area contributed by atoms with E-state index in [1.807, 2.05) is 0 Å². The summed E-state index contributed by atoms with van der Waals surface area (Å²) in [6, 6.07) is 0. The summed E-state index contributed by atoms with van der Waals surface area (Å²) < 4.78 is 0. The third-order valence-corrected chi connectivity index (χ3v) is 2.38. The molecule has 2 rings (SSSR count). The predicted molar refractivity (Wildman–Crippen MR) is 42.9 cm³/mol. The summed E-state index contributed by atoms with van der Waals surface area (Å²) in [5, 5.41) is 0. The van der Waals surface area contributed by atoms with Crippen LogP contribution in [0.1, 0.15) is 6.92 Å². The molecule has 1 aliphatic heterocycles. The quantitative estimate of drug-likeness (QED) is 0.446. The summed E-state index contributed by atoms with van der Waals surface area (Å²) in [6.07, 6.45) is 4.46. The van der Waals surface area contributed by atoms with E-state index in [2.05, 4.69) is 30.7 Å². The fourth-order valence-corrected chi connectivity index (χ4v) is 1.96. The van der Waals surface area contributed by atoms with Crippen LogP contribution in [0.15, 0.2) is 34.7 Å². The molecule has 0 atom stereocenters. The zero-order valence-electron chi connectivity index (χ0n) is 5.26. The minimum atomic E-state index is 1.34. The molecule has 0 saturated carbocycles. The van der Waals surface area contributed by atoms with Gasteiger partial charge in [0.15, 0.2) is 0 Å². The number of hydrogen-bond acceptors (Lipinski definition) is 0. The second-order valence-corrected chi connectivity index (χ2v) is 3.17. The van der Waals surface area contributed by atoms with Crippen LogP contribution >= 0.6 is 8.20 Å². The van der Waals surface area contributed by atoms with Crippen molar-refractivity contribution in [1.29, 1.82) is 0 Å². The van der Waals surface area contributed by atoms with Gasteiger partial charge >= 0.3 is 0 Å². The molecule has 1 heteroatoms. The molecule has 2 aliphatic rings. The summed E-state index contributed by atoms with van der Waals surface area (Å²) >= 11 is 0. The molecule has 0 bridgehead atoms. The highest BCUT2D eigenvalue weighted by molar-refractivity contribution is 7.43. The van der Waals surface area contributed by atoms with E-state index in [1.54, 1.807) is 0 Å². The lowest BCUT2D eigenvalue weighted by atomic mass is 10.2. The van der Waals surface area contributed by atoms with E-state index < -0.39 is 0 Å². The van der Waals surface area contributed by atoms with Crippen molar-refractivity contribution in [2.24, 2.45) is 0 Å². The van der Waals surface area contributed by atoms with Gasteiger partial charge in [-0.2, -0.15) is 0 Å². The first kappa shape index (κ1) is 5.20. The van der Waals surface area contributed by atoms with Gasteiger partial charge in [0.05, 0.1) is 0 Å². The molecule has 0 aromatic heterocycles. The van der Waals surface area contributed by atoms with Crippen molar-refractivity contribution in [3.63, 3.8) is 0 Å². The first-order valence-corrected chi connectivity index (χ1v) is 4.03. The van der Waals surface area contributed by atoms with Gasteiger partial charge in [-0.15, -0.1) is 0 Å². The van der Waals surface area contributed by atoms with Crippen LogP contribution in [-0.4, -0.2) is 5.80 Å². The zero-order chi connectivity index (χ0) is 6.27. The summed E-state index contributed by atoms with van der Waals surface area (Å²) in [6.45, 7) is 2.14. The van der Waals surface area contributed by atoms with Crippen LogP contribution in [0, 0.1) is 0 Å². The van der Waals surface area contributed by atoms with Crippen molar-refractivity contribution in [3.8, 4) is 0 Å². The zero-order valence-corrected chi connectivity index (χ0v) is 6.15. The molecule has 1 aliphatic carbocycles. The van der Waals surface area contributed by atoms with Crippen LogP contribution < -0.4 is 0 Å². The van der Waals surface area contributed by atoms with Gasteiger partial charge in [-0.05, 0) is 35.3 Å². The molecular weight excluding hydrogens is 127 g/mol. The Balaban J connectivity index is 2.53. The number of fused-ring (bicyclic) bond motifs is 1. The smallest absolute Gasteiger partial charge is 0.0132 e. The molecule has 0 saturated heterocycles. The van der Waals surface area contributed by atoms with E-state index in [1.165, 1.54) is 24.9 Å². The predicted octanol–water partition coefficient (Wildman–Crippen LogP) is 2.52. The second-order valence-electron chi connectivity index (χ2n) is 2.35. The Bertz CT molecular complexity index is 264. The fraction of sp³-hybridized carbons (Fsp3) is 0.125. The lowest BCUT2D eigenvalue weighted by Crippen LogP contribution is -1.73. The van der Waals surface area contributed by atoms with Gasteiger partial charge in [0.2, 0.25) is 0 Å². The third-order valence-electron chi connectivity index (χ3n) is 1.53. The Morgan fingerprint density at radius 3 is 2.89 bits per heavy atom. The molecule has 0 N–H and O–H groups in total. The maximum atomic E-state index is 2.24. The van der Waals surface area contributed by atoms with E-state index in [4.69, 9.17) is 0 Å². The van der Waals surface area contributed by atoms with Crippen LogP contribution in [0.3, 0.4) is 0 Å². The molecule has 0 aromatic rings. The highest BCUT2D eigenvalue weighted by Crippen LogP contribution is 2.29. The summed E-state index contributed by atoms with van der Waals surface area (Å²) in [7, 11) is 1.34. The average Bonchev–Trinajstić information content (AvgIpc) is 2.22. The first-order valence-electron chi connectivity index (χ1n) is 3.00. The third kappa shape index (κ3) is 0.710. The van der Waals surface area contributed by atoms with Crippen LogP contribution in [0.4, 0.5) is 0 Å². The molecule has 9 heavy (non-hydrogen) atoms. The van der Waals surface area contributed by atoms with E-state index in [0.717, 1.165) is 0 Å². The fourth-order valence-electron chi connectivity index (χ4n) is 1.12. The Labute approximate surface area is 56.4 Å². The molecular formula is C8H7P. The van der Waals surface area contributed by atoms with Gasteiger partial charge in [-0.1, -0.05) is 20.4 Å². The monoisotopic (exact) mass is 134 g/mol. The maximum Gasteiger partial charge on any atom is -0.0132 e. The highest BCUT2D eigenvalue weighted by atomic mass is 31.1. The second kappa shape index (κ2) is 1.68. The molecule has 0 unspecified atom stereocenters. The van der Waals surface area contributed by atoms with Gasteiger partial charge in [-0.25, -0.2) is 0 Å². The van der Waals surface area contributed by atoms with Crippen LogP contribution in [0.25, 0.3) is 0 Å². The van der Waals surface area contributed by atoms with E-state index >= 15 is 0 Å². The molecule has 0 amide bonds. The van der Waals surface area contributed by atoms with Gasteiger partial charge in [-0.3, -0.25) is 0 Å². The van der Waals surface area contributed by atoms with Crippen molar-refractivity contribution in [2.75, 3.05) is 0 Å². The van der Waals surface area contributed by atoms with E-state index in [9.17, 15) is 0 Å². The molecule has 0 radical (unpaired) electrons. The Morgan fingerprint density at radius 1 is 1.22 bits per heavy atom. The molecule has 0 aromatic carbocycles. The molecule has 44 valence electrons. The van der Waals surface area contributed by atoms with Crippen LogP contribution in [-0.2, 0) is 0 Å². The number of hydrogen-bond donors (Lipinski definition) is 0. The maximum absolute atomic E-state index is 2.24. The van der Waals surface area contributed by atoms with E-state index in [0.29, 0.717) is 0 Å². The Kier molecular flexibility index (Phi) is 0.972. The Hall–Kier alpha value is -0.610. The van der Waals surface area contributed by atoms with Gasteiger partial charge in [0.25, 0.3) is 0 Å². The number of rotatable bonds is 0. The minimum Gasteiger partial charge on any atom is -0.0752 e. The van der Waals surface area contributed by atoms with Crippen molar-refractivity contribution >= 4 is 14.0 Å². The SMILES string of the molecule is CC1=CC2=CP=CC2=C1. The summed E-state index contributed by atoms with van der Waals surface area (Å²) in [4.78, 5) is 0. The van der Waals surface area contributed by atoms with Crippen molar-refractivity contribution in [1.82, 2.24) is 0 Å². The van der Waals surface area contributed by atoms with Crippen molar-refractivity contribution in [3.05, 3.63) is 34.7 Å². The highest BCUT2D eigenvalue weighted by Gasteiger charge is 2.09. The summed E-state index contributed by atoms with van der Waals surface area (Å²) in [5.41, 5.74) is 4.20. The lowest BCUT2D eigenvalue weighted by molar-refractivity contribution is 1.56. The van der Waals surface area contributed by atoms with E-state index in [-0.39, 0.29) is 0 Å². The standard InChI is InChI=1S/C8H7P/c1-6-2-7-4-9-5-8(7)3-6/h2-5H,1H3. The van der Waals surface area contributed by atoms with Crippen LogP contribution in [0.2, 0.25) is 0 Å². The van der Waals surface area contributed by atoms with Crippen molar-refractivity contribution < 1.29 is 0 Å². The largest absolute Gasteiger partial charge is 0.0752 e. The average molecular weight is 134 g/mol. The first-order chi connectivity index (χ1) is 4.36. The van der Waals surface area contributed by atoms with Gasteiger partial charge < -0.3 is 0 Å². The molecule has 1 heterocycles. The van der Waals surface area contributed by atoms with Gasteiger partial charge in [0.1, 0.15) is 0 Å². The molecule has 0 nitrogen and oxygen atoms in total.